The number of hydrogen-bond acceptors (Lipinski definition) is 7. The van der Waals surface area contributed by atoms with Crippen LogP contribution in [0.25, 0.3) is 0 Å². The minimum absolute atomic E-state index is 0.130. The first-order valence-electron chi connectivity index (χ1n) is 9.88. The van der Waals surface area contributed by atoms with Crippen molar-refractivity contribution < 1.29 is 14.7 Å². The summed E-state index contributed by atoms with van der Waals surface area (Å²) in [6.07, 6.45) is 3.33. The highest BCUT2D eigenvalue weighted by molar-refractivity contribution is 6.08. The number of aliphatic hydroxyl groups is 1. The number of aliphatic hydroxyl groups excluding tert-OH is 1. The van der Waals surface area contributed by atoms with Crippen LogP contribution in [-0.4, -0.2) is 76.1 Å². The number of fused-ring (bicyclic) bond motifs is 1. The molecule has 0 bridgehead atoms. The maximum atomic E-state index is 12.8. The van der Waals surface area contributed by atoms with Gasteiger partial charge in [-0.2, -0.15) is 0 Å². The number of aliphatic imine (C=N–C) groups is 1. The predicted molar refractivity (Wildman–Crippen MR) is 106 cm³/mol. The highest BCUT2D eigenvalue weighted by atomic mass is 16.3. The topological polar surface area (TPSA) is 110 Å². The molecule has 0 aromatic carbocycles. The third-order valence-corrected chi connectivity index (χ3v) is 4.77. The Hall–Kier alpha value is -2.68. The molecule has 3 amide bonds. The molecule has 3 N–H and O–H groups in total. The average Bonchev–Trinajstić information content (AvgIpc) is 3.15. The summed E-state index contributed by atoms with van der Waals surface area (Å²) < 4.78 is 0. The van der Waals surface area contributed by atoms with Crippen LogP contribution in [0.5, 0.6) is 0 Å². The van der Waals surface area contributed by atoms with E-state index in [-0.39, 0.29) is 18.5 Å². The monoisotopic (exact) mass is 388 g/mol. The Balaban J connectivity index is 1.78. The standard InChI is InChI=1S/C19H28N6O3/c1-3-9-24-17-15(18(27)25(10-4-2)19(24)28)22-16(23-17)13-6-7-14(21-12-13)20-8-5-11-26/h6-7,12,15,17,26H,3-5,8-11H2,1-2H3,(H,20,21)(H,22,23). The number of imide groups is 1. The van der Waals surface area contributed by atoms with Crippen LogP contribution in [-0.2, 0) is 4.79 Å². The van der Waals surface area contributed by atoms with E-state index in [2.05, 4.69) is 20.6 Å². The Morgan fingerprint density at radius 2 is 2.00 bits per heavy atom. The summed E-state index contributed by atoms with van der Waals surface area (Å²) in [6.45, 7) is 5.68. The molecule has 2 unspecified atom stereocenters. The van der Waals surface area contributed by atoms with Crippen LogP contribution in [0.3, 0.4) is 0 Å². The number of amidine groups is 1. The number of nitrogens with one attached hydrogen (secondary N) is 2. The lowest BCUT2D eigenvalue weighted by Crippen LogP contribution is -2.65. The van der Waals surface area contributed by atoms with Crippen LogP contribution in [0.1, 0.15) is 38.7 Å². The normalized spacial score (nSPS) is 21.5. The van der Waals surface area contributed by atoms with E-state index >= 15 is 0 Å². The number of nitrogens with zero attached hydrogens (tertiary/aromatic N) is 4. The van der Waals surface area contributed by atoms with E-state index in [4.69, 9.17) is 5.11 Å². The molecule has 152 valence electrons. The zero-order valence-corrected chi connectivity index (χ0v) is 16.4. The van der Waals surface area contributed by atoms with E-state index in [1.807, 2.05) is 26.0 Å². The summed E-state index contributed by atoms with van der Waals surface area (Å²) >= 11 is 0. The minimum Gasteiger partial charge on any atom is -0.396 e. The Labute approximate surface area is 164 Å². The van der Waals surface area contributed by atoms with Gasteiger partial charge in [0.05, 0.1) is 0 Å². The molecular weight excluding hydrogens is 360 g/mol. The van der Waals surface area contributed by atoms with Crippen molar-refractivity contribution >= 4 is 23.6 Å². The molecule has 0 spiro atoms. The maximum Gasteiger partial charge on any atom is 0.328 e. The fourth-order valence-electron chi connectivity index (χ4n) is 3.43. The molecular formula is C19H28N6O3. The first-order chi connectivity index (χ1) is 13.6. The summed E-state index contributed by atoms with van der Waals surface area (Å²) in [5, 5.41) is 15.2. The molecule has 3 heterocycles. The molecule has 0 aliphatic carbocycles. The Morgan fingerprint density at radius 1 is 1.21 bits per heavy atom. The summed E-state index contributed by atoms with van der Waals surface area (Å²) in [6, 6.07) is 2.88. The zero-order valence-electron chi connectivity index (χ0n) is 16.4. The van der Waals surface area contributed by atoms with Gasteiger partial charge >= 0.3 is 6.03 Å². The van der Waals surface area contributed by atoms with Crippen molar-refractivity contribution in [2.24, 2.45) is 4.99 Å². The molecule has 2 aliphatic rings. The zero-order chi connectivity index (χ0) is 20.1. The van der Waals surface area contributed by atoms with Gasteiger partial charge in [0.2, 0.25) is 0 Å². The second kappa shape index (κ2) is 9.01. The van der Waals surface area contributed by atoms with Gasteiger partial charge in [-0.1, -0.05) is 13.8 Å². The van der Waals surface area contributed by atoms with Crippen molar-refractivity contribution in [2.45, 2.75) is 45.3 Å². The fourth-order valence-corrected chi connectivity index (χ4v) is 3.43. The number of urea groups is 1. The van der Waals surface area contributed by atoms with Gasteiger partial charge in [-0.15, -0.1) is 0 Å². The summed E-state index contributed by atoms with van der Waals surface area (Å²) in [4.78, 5) is 37.6. The highest BCUT2D eigenvalue weighted by Crippen LogP contribution is 2.25. The lowest BCUT2D eigenvalue weighted by Gasteiger charge is -2.40. The Morgan fingerprint density at radius 3 is 2.64 bits per heavy atom. The molecule has 2 aliphatic heterocycles. The second-order valence-corrected chi connectivity index (χ2v) is 6.92. The number of rotatable bonds is 9. The quantitative estimate of drug-likeness (QED) is 0.545. The lowest BCUT2D eigenvalue weighted by molar-refractivity contribution is -0.134. The van der Waals surface area contributed by atoms with Gasteiger partial charge in [-0.3, -0.25) is 14.6 Å². The van der Waals surface area contributed by atoms with Crippen LogP contribution in [0.15, 0.2) is 23.3 Å². The fraction of sp³-hybridized carbons (Fsp3) is 0.579. The number of anilines is 1. The molecule has 28 heavy (non-hydrogen) atoms. The first kappa shape index (κ1) is 20.1. The molecule has 0 saturated carbocycles. The van der Waals surface area contributed by atoms with Crippen LogP contribution < -0.4 is 10.6 Å². The number of carbonyl (C=O) groups excluding carboxylic acids is 2. The van der Waals surface area contributed by atoms with E-state index in [1.165, 1.54) is 4.90 Å². The number of aromatic nitrogens is 1. The summed E-state index contributed by atoms with van der Waals surface area (Å²) in [7, 11) is 0. The molecule has 1 saturated heterocycles. The molecule has 1 aromatic rings. The van der Waals surface area contributed by atoms with Crippen LogP contribution in [0.4, 0.5) is 10.6 Å². The van der Waals surface area contributed by atoms with E-state index in [9.17, 15) is 9.59 Å². The number of carbonyl (C=O) groups is 2. The summed E-state index contributed by atoms with van der Waals surface area (Å²) in [5.74, 6) is 1.06. The molecule has 2 atom stereocenters. The van der Waals surface area contributed by atoms with Gasteiger partial charge in [0.25, 0.3) is 5.91 Å². The molecule has 1 fully saturated rings. The number of pyridine rings is 1. The van der Waals surface area contributed by atoms with E-state index < -0.39 is 12.2 Å². The number of hydrogen-bond donors (Lipinski definition) is 3. The van der Waals surface area contributed by atoms with Crippen LogP contribution in [0, 0.1) is 0 Å². The predicted octanol–water partition coefficient (Wildman–Crippen LogP) is 1.00. The average molecular weight is 388 g/mol. The van der Waals surface area contributed by atoms with E-state index in [0.717, 1.165) is 18.4 Å². The van der Waals surface area contributed by atoms with Gasteiger partial charge in [-0.05, 0) is 31.4 Å². The van der Waals surface area contributed by atoms with Crippen molar-refractivity contribution in [1.82, 2.24) is 20.1 Å². The molecule has 1 aromatic heterocycles. The largest absolute Gasteiger partial charge is 0.396 e. The highest BCUT2D eigenvalue weighted by Gasteiger charge is 2.49. The molecule has 9 heteroatoms. The molecule has 3 rings (SSSR count). The van der Waals surface area contributed by atoms with Crippen molar-refractivity contribution in [3.63, 3.8) is 0 Å². The van der Waals surface area contributed by atoms with Crippen molar-refractivity contribution in [1.29, 1.82) is 0 Å². The first-order valence-corrected chi connectivity index (χ1v) is 9.88. The molecule has 0 radical (unpaired) electrons. The minimum atomic E-state index is -0.562. The van der Waals surface area contributed by atoms with Gasteiger partial charge in [-0.25, -0.2) is 14.8 Å². The van der Waals surface area contributed by atoms with E-state index in [0.29, 0.717) is 37.7 Å². The third kappa shape index (κ3) is 3.94. The van der Waals surface area contributed by atoms with Crippen LogP contribution >= 0.6 is 0 Å². The summed E-state index contributed by atoms with van der Waals surface area (Å²) in [5.41, 5.74) is 0.765. The van der Waals surface area contributed by atoms with Crippen molar-refractivity contribution in [3.05, 3.63) is 23.9 Å². The van der Waals surface area contributed by atoms with Crippen LogP contribution in [0.2, 0.25) is 0 Å². The van der Waals surface area contributed by atoms with Gasteiger partial charge in [0.1, 0.15) is 17.7 Å². The third-order valence-electron chi connectivity index (χ3n) is 4.77. The second-order valence-electron chi connectivity index (χ2n) is 6.92. The van der Waals surface area contributed by atoms with Gasteiger partial charge < -0.3 is 15.7 Å². The van der Waals surface area contributed by atoms with E-state index in [1.54, 1.807) is 11.1 Å². The Kier molecular flexibility index (Phi) is 6.45. The number of amides is 3. The van der Waals surface area contributed by atoms with Gasteiger partial charge in [0, 0.05) is 38.0 Å². The SMILES string of the molecule is CCCN1C(=O)C2NC(c3ccc(NCCCO)nc3)=NC2N(CCC)C1=O. The van der Waals surface area contributed by atoms with Crippen molar-refractivity contribution in [2.75, 3.05) is 31.6 Å². The van der Waals surface area contributed by atoms with Crippen molar-refractivity contribution in [3.8, 4) is 0 Å². The maximum absolute atomic E-state index is 12.8. The smallest absolute Gasteiger partial charge is 0.328 e. The Bertz CT molecular complexity index is 736. The van der Waals surface area contributed by atoms with Gasteiger partial charge in [0.15, 0.2) is 6.17 Å². The lowest BCUT2D eigenvalue weighted by atomic mass is 10.1. The molecule has 9 nitrogen and oxygen atoms in total.